The molecule has 1 saturated carbocycles. The summed E-state index contributed by atoms with van der Waals surface area (Å²) in [5, 5.41) is 3.49. The van der Waals surface area contributed by atoms with Crippen molar-refractivity contribution in [3.05, 3.63) is 11.9 Å². The van der Waals surface area contributed by atoms with E-state index in [0.717, 1.165) is 17.3 Å². The quantitative estimate of drug-likeness (QED) is 0.803. The van der Waals surface area contributed by atoms with Crippen LogP contribution in [0.25, 0.3) is 0 Å². The van der Waals surface area contributed by atoms with Crippen molar-refractivity contribution >= 4 is 11.6 Å². The van der Waals surface area contributed by atoms with Crippen LogP contribution in [0.3, 0.4) is 0 Å². The van der Waals surface area contributed by atoms with E-state index in [2.05, 4.69) is 22.2 Å². The lowest BCUT2D eigenvalue weighted by Gasteiger charge is -2.28. The van der Waals surface area contributed by atoms with Crippen LogP contribution in [0.4, 0.5) is 11.6 Å². The second-order valence-corrected chi connectivity index (χ2v) is 4.85. The van der Waals surface area contributed by atoms with Gasteiger partial charge in [0.05, 0.1) is 0 Å². The average molecular weight is 220 g/mol. The number of anilines is 2. The van der Waals surface area contributed by atoms with Crippen molar-refractivity contribution < 1.29 is 0 Å². The molecule has 2 atom stereocenters. The van der Waals surface area contributed by atoms with E-state index < -0.39 is 0 Å². The highest BCUT2D eigenvalue weighted by atomic mass is 15.1. The number of rotatable bonds is 2. The number of nitrogens with zero attached hydrogens (tertiary/aromatic N) is 2. The van der Waals surface area contributed by atoms with Gasteiger partial charge in [-0.2, -0.15) is 0 Å². The third-order valence-electron chi connectivity index (χ3n) is 3.40. The van der Waals surface area contributed by atoms with Crippen LogP contribution in [0, 0.1) is 12.8 Å². The molecule has 0 amide bonds. The van der Waals surface area contributed by atoms with Crippen molar-refractivity contribution in [1.29, 1.82) is 0 Å². The molecule has 1 aromatic rings. The minimum Gasteiger partial charge on any atom is -0.383 e. The molecule has 0 aromatic carbocycles. The molecule has 0 bridgehead atoms. The van der Waals surface area contributed by atoms with Crippen molar-refractivity contribution in [2.75, 3.05) is 11.1 Å². The second-order valence-electron chi connectivity index (χ2n) is 4.85. The first-order valence-corrected chi connectivity index (χ1v) is 6.00. The predicted molar refractivity (Wildman–Crippen MR) is 66.2 cm³/mol. The normalized spacial score (nSPS) is 25.4. The molecule has 0 radical (unpaired) electrons. The Morgan fingerprint density at radius 3 is 2.94 bits per heavy atom. The fraction of sp³-hybridized carbons (Fsp3) is 0.667. The Bertz CT molecular complexity index is 364. The Kier molecular flexibility index (Phi) is 3.27. The number of nitrogen functional groups attached to an aromatic ring is 1. The minimum atomic E-state index is 0.539. The first-order valence-electron chi connectivity index (χ1n) is 6.00. The van der Waals surface area contributed by atoms with Crippen molar-refractivity contribution in [1.82, 2.24) is 9.97 Å². The fourth-order valence-corrected chi connectivity index (χ4v) is 2.37. The van der Waals surface area contributed by atoms with Crippen molar-refractivity contribution in [3.8, 4) is 0 Å². The van der Waals surface area contributed by atoms with Gasteiger partial charge in [-0.05, 0) is 25.7 Å². The SMILES string of the molecule is Cc1c(N)ncnc1NC1CCCC(C)C1. The lowest BCUT2D eigenvalue weighted by molar-refractivity contribution is 0.358. The maximum Gasteiger partial charge on any atom is 0.134 e. The van der Waals surface area contributed by atoms with Crippen molar-refractivity contribution in [3.63, 3.8) is 0 Å². The largest absolute Gasteiger partial charge is 0.383 e. The highest BCUT2D eigenvalue weighted by Crippen LogP contribution is 2.27. The summed E-state index contributed by atoms with van der Waals surface area (Å²) >= 11 is 0. The molecule has 88 valence electrons. The molecule has 16 heavy (non-hydrogen) atoms. The molecule has 1 heterocycles. The Balaban J connectivity index is 2.05. The Labute approximate surface area is 96.7 Å². The highest BCUT2D eigenvalue weighted by Gasteiger charge is 2.19. The van der Waals surface area contributed by atoms with E-state index in [0.29, 0.717) is 11.9 Å². The molecule has 1 aliphatic rings. The lowest BCUT2D eigenvalue weighted by Crippen LogP contribution is -2.27. The summed E-state index contributed by atoms with van der Waals surface area (Å²) in [6.07, 6.45) is 6.63. The van der Waals surface area contributed by atoms with Crippen LogP contribution in [0.2, 0.25) is 0 Å². The van der Waals surface area contributed by atoms with Gasteiger partial charge in [0.15, 0.2) is 0 Å². The van der Waals surface area contributed by atoms with Gasteiger partial charge < -0.3 is 11.1 Å². The summed E-state index contributed by atoms with van der Waals surface area (Å²) < 4.78 is 0. The van der Waals surface area contributed by atoms with Gasteiger partial charge >= 0.3 is 0 Å². The third kappa shape index (κ3) is 2.43. The van der Waals surface area contributed by atoms with Gasteiger partial charge in [-0.3, -0.25) is 0 Å². The monoisotopic (exact) mass is 220 g/mol. The summed E-state index contributed by atoms with van der Waals surface area (Å²) in [6, 6.07) is 0.539. The zero-order chi connectivity index (χ0) is 11.5. The molecule has 1 aliphatic carbocycles. The number of nitrogens with two attached hydrogens (primary N) is 1. The predicted octanol–water partition coefficient (Wildman–Crippen LogP) is 2.36. The van der Waals surface area contributed by atoms with Crippen molar-refractivity contribution in [2.45, 2.75) is 45.6 Å². The summed E-state index contributed by atoms with van der Waals surface area (Å²) in [5.41, 5.74) is 6.72. The van der Waals surface area contributed by atoms with E-state index >= 15 is 0 Å². The van der Waals surface area contributed by atoms with Crippen LogP contribution < -0.4 is 11.1 Å². The average Bonchev–Trinajstić information content (AvgIpc) is 2.25. The second kappa shape index (κ2) is 4.68. The molecule has 4 heteroatoms. The molecular formula is C12H20N4. The van der Waals surface area contributed by atoms with Gasteiger partial charge in [0.1, 0.15) is 18.0 Å². The third-order valence-corrected chi connectivity index (χ3v) is 3.40. The van der Waals surface area contributed by atoms with Gasteiger partial charge in [0.25, 0.3) is 0 Å². The van der Waals surface area contributed by atoms with E-state index in [1.54, 1.807) is 0 Å². The van der Waals surface area contributed by atoms with Crippen LogP contribution in [-0.2, 0) is 0 Å². The summed E-state index contributed by atoms with van der Waals surface area (Å²) in [7, 11) is 0. The van der Waals surface area contributed by atoms with Gasteiger partial charge in [-0.25, -0.2) is 9.97 Å². The zero-order valence-electron chi connectivity index (χ0n) is 10.0. The van der Waals surface area contributed by atoms with Crippen molar-refractivity contribution in [2.24, 2.45) is 5.92 Å². The molecule has 1 aromatic heterocycles. The van der Waals surface area contributed by atoms with Gasteiger partial charge in [-0.15, -0.1) is 0 Å². The van der Waals surface area contributed by atoms with Crippen LogP contribution >= 0.6 is 0 Å². The highest BCUT2D eigenvalue weighted by molar-refractivity contribution is 5.54. The maximum absolute atomic E-state index is 5.76. The number of aromatic nitrogens is 2. The van der Waals surface area contributed by atoms with E-state index in [4.69, 9.17) is 5.73 Å². The maximum atomic E-state index is 5.76. The standard InChI is InChI=1S/C12H20N4/c1-8-4-3-5-10(6-8)16-12-9(2)11(13)14-7-15-12/h7-8,10H,3-6H2,1-2H3,(H3,13,14,15,16). The van der Waals surface area contributed by atoms with Crippen LogP contribution in [0.1, 0.15) is 38.2 Å². The summed E-state index contributed by atoms with van der Waals surface area (Å²) in [5.74, 6) is 2.28. The van der Waals surface area contributed by atoms with E-state index in [1.807, 2.05) is 6.92 Å². The molecule has 2 unspecified atom stereocenters. The van der Waals surface area contributed by atoms with Crippen LogP contribution in [0.5, 0.6) is 0 Å². The number of hydrogen-bond donors (Lipinski definition) is 2. The fourth-order valence-electron chi connectivity index (χ4n) is 2.37. The molecule has 4 nitrogen and oxygen atoms in total. The topological polar surface area (TPSA) is 63.8 Å². The molecule has 0 aliphatic heterocycles. The number of nitrogens with one attached hydrogen (secondary N) is 1. The Morgan fingerprint density at radius 1 is 1.38 bits per heavy atom. The molecular weight excluding hydrogens is 200 g/mol. The van der Waals surface area contributed by atoms with Crippen LogP contribution in [0.15, 0.2) is 6.33 Å². The first-order chi connectivity index (χ1) is 7.66. The Hall–Kier alpha value is -1.32. The smallest absolute Gasteiger partial charge is 0.134 e. The Morgan fingerprint density at radius 2 is 2.19 bits per heavy atom. The zero-order valence-corrected chi connectivity index (χ0v) is 10.0. The molecule has 2 rings (SSSR count). The first kappa shape index (κ1) is 11.2. The molecule has 3 N–H and O–H groups in total. The molecule has 1 fully saturated rings. The minimum absolute atomic E-state index is 0.539. The van der Waals surface area contributed by atoms with Gasteiger partial charge in [-0.1, -0.05) is 19.8 Å². The van der Waals surface area contributed by atoms with Gasteiger partial charge in [0.2, 0.25) is 0 Å². The van der Waals surface area contributed by atoms with E-state index in [-0.39, 0.29) is 0 Å². The van der Waals surface area contributed by atoms with E-state index in [9.17, 15) is 0 Å². The number of hydrogen-bond acceptors (Lipinski definition) is 4. The summed E-state index contributed by atoms with van der Waals surface area (Å²) in [4.78, 5) is 8.23. The van der Waals surface area contributed by atoms with Gasteiger partial charge in [0, 0.05) is 11.6 Å². The molecule has 0 saturated heterocycles. The summed E-state index contributed by atoms with van der Waals surface area (Å²) in [6.45, 7) is 4.28. The lowest BCUT2D eigenvalue weighted by atomic mass is 9.87. The van der Waals surface area contributed by atoms with Crippen LogP contribution in [-0.4, -0.2) is 16.0 Å². The molecule has 0 spiro atoms. The van der Waals surface area contributed by atoms with E-state index in [1.165, 1.54) is 32.0 Å².